The Balaban J connectivity index is 2.21. The van der Waals surface area contributed by atoms with Gasteiger partial charge in [0.05, 0.1) is 0 Å². The largest absolute Gasteiger partial charge is 0.430 e. The van der Waals surface area contributed by atoms with Crippen molar-refractivity contribution in [3.63, 3.8) is 0 Å². The summed E-state index contributed by atoms with van der Waals surface area (Å²) in [7, 11) is 0. The number of hydrogen-bond donors (Lipinski definition) is 0. The molecule has 0 bridgehead atoms. The molecule has 0 aliphatic heterocycles. The van der Waals surface area contributed by atoms with Gasteiger partial charge in [-0.25, -0.2) is 0 Å². The van der Waals surface area contributed by atoms with Gasteiger partial charge in [0.2, 0.25) is 0 Å². The van der Waals surface area contributed by atoms with Crippen molar-refractivity contribution < 1.29 is 4.74 Å². The van der Waals surface area contributed by atoms with E-state index in [2.05, 4.69) is 26.1 Å². The monoisotopic (exact) mass is 304 g/mol. The minimum Gasteiger partial charge on any atom is -0.430 e. The minimum absolute atomic E-state index is 0.503. The van der Waals surface area contributed by atoms with Crippen molar-refractivity contribution in [2.45, 2.75) is 6.92 Å². The summed E-state index contributed by atoms with van der Waals surface area (Å²) < 4.78 is 6.19. The third kappa shape index (κ3) is 2.68. The van der Waals surface area contributed by atoms with Crippen molar-refractivity contribution in [3.05, 3.63) is 32.7 Å². The average Bonchev–Trinajstić information content (AvgIpc) is 2.58. The molecule has 1 aromatic heterocycles. The van der Waals surface area contributed by atoms with E-state index >= 15 is 0 Å². The number of nitrogens with zero attached hydrogens (tertiary/aromatic N) is 2. The van der Waals surface area contributed by atoms with Crippen LogP contribution in [0.5, 0.6) is 10.9 Å². The minimum atomic E-state index is 0.503. The molecule has 0 aliphatic rings. The summed E-state index contributed by atoms with van der Waals surface area (Å²) in [4.78, 5) is 0. The van der Waals surface area contributed by atoms with E-state index in [4.69, 9.17) is 16.3 Å². The lowest BCUT2D eigenvalue weighted by Gasteiger charge is -2.02. The highest BCUT2D eigenvalue weighted by Gasteiger charge is 2.05. The molecule has 2 rings (SSSR count). The molecule has 3 nitrogen and oxygen atoms in total. The fourth-order valence-electron chi connectivity index (χ4n) is 1.02. The maximum Gasteiger partial charge on any atom is 0.300 e. The summed E-state index contributed by atoms with van der Waals surface area (Å²) in [6.45, 7) is 1.92. The van der Waals surface area contributed by atoms with Gasteiger partial charge in [-0.05, 0) is 58.0 Å². The molecule has 15 heavy (non-hydrogen) atoms. The van der Waals surface area contributed by atoms with E-state index in [-0.39, 0.29) is 0 Å². The molecule has 0 spiro atoms. The summed E-state index contributed by atoms with van der Waals surface area (Å²) in [5, 5.41) is 8.84. The molecule has 1 heterocycles. The summed E-state index contributed by atoms with van der Waals surface area (Å²) in [5.74, 6) is 0.709. The number of halogens is 2. The van der Waals surface area contributed by atoms with Crippen LogP contribution in [-0.4, -0.2) is 10.2 Å². The Hall–Kier alpha value is -0.650. The first kappa shape index (κ1) is 10.9. The lowest BCUT2D eigenvalue weighted by molar-refractivity contribution is 0.473. The maximum absolute atomic E-state index is 5.90. The lowest BCUT2D eigenvalue weighted by atomic mass is 10.2. The Morgan fingerprint density at radius 1 is 1.40 bits per heavy atom. The van der Waals surface area contributed by atoms with Gasteiger partial charge in [0.15, 0.2) is 3.92 Å². The zero-order valence-electron chi connectivity index (χ0n) is 7.70. The van der Waals surface area contributed by atoms with Gasteiger partial charge in [0, 0.05) is 5.02 Å². The second-order valence-corrected chi connectivity index (χ2v) is 5.46. The molecule has 0 fully saturated rings. The molecule has 0 aliphatic carbocycles. The molecule has 0 saturated heterocycles. The molecule has 0 amide bonds. The number of rotatable bonds is 2. The number of aromatic nitrogens is 2. The van der Waals surface area contributed by atoms with E-state index in [0.29, 0.717) is 14.9 Å². The standard InChI is InChI=1S/C9H6BrClN2OS/c1-5-4-6(2-3-7(5)11)14-9-13-12-8(10)15-9/h2-4H,1H3. The lowest BCUT2D eigenvalue weighted by Crippen LogP contribution is -1.84. The van der Waals surface area contributed by atoms with Crippen LogP contribution in [0.15, 0.2) is 22.1 Å². The Morgan fingerprint density at radius 3 is 2.80 bits per heavy atom. The topological polar surface area (TPSA) is 35.0 Å². The molecule has 0 unspecified atom stereocenters. The Bertz CT molecular complexity index is 489. The Morgan fingerprint density at radius 2 is 2.20 bits per heavy atom. The molecule has 78 valence electrons. The van der Waals surface area contributed by atoms with Crippen LogP contribution in [0.25, 0.3) is 0 Å². The smallest absolute Gasteiger partial charge is 0.300 e. The van der Waals surface area contributed by atoms with Crippen molar-refractivity contribution in [2.24, 2.45) is 0 Å². The molecule has 0 N–H and O–H groups in total. The third-order valence-corrected chi connectivity index (χ3v) is 3.37. The first-order chi connectivity index (χ1) is 7.15. The van der Waals surface area contributed by atoms with Gasteiger partial charge in [-0.15, -0.1) is 5.10 Å². The van der Waals surface area contributed by atoms with Crippen LogP contribution in [0.3, 0.4) is 0 Å². The normalized spacial score (nSPS) is 10.3. The van der Waals surface area contributed by atoms with Crippen LogP contribution >= 0.6 is 38.9 Å². The van der Waals surface area contributed by atoms with Crippen molar-refractivity contribution >= 4 is 38.9 Å². The molecule has 0 saturated carbocycles. The number of aryl methyl sites for hydroxylation is 1. The van der Waals surface area contributed by atoms with E-state index in [0.717, 1.165) is 10.6 Å². The molecule has 2 aromatic rings. The predicted molar refractivity (Wildman–Crippen MR) is 63.9 cm³/mol. The van der Waals surface area contributed by atoms with Crippen LogP contribution in [0.1, 0.15) is 5.56 Å². The third-order valence-electron chi connectivity index (χ3n) is 1.72. The maximum atomic E-state index is 5.90. The predicted octanol–water partition coefficient (Wildman–Crippen LogP) is 4.05. The van der Waals surface area contributed by atoms with Crippen molar-refractivity contribution in [2.75, 3.05) is 0 Å². The van der Waals surface area contributed by atoms with Gasteiger partial charge in [-0.1, -0.05) is 16.7 Å². The molecule has 6 heteroatoms. The van der Waals surface area contributed by atoms with Gasteiger partial charge in [0.1, 0.15) is 5.75 Å². The summed E-state index contributed by atoms with van der Waals surface area (Å²) >= 11 is 10.4. The van der Waals surface area contributed by atoms with Gasteiger partial charge < -0.3 is 4.74 Å². The van der Waals surface area contributed by atoms with Crippen LogP contribution in [0, 0.1) is 6.92 Å². The quantitative estimate of drug-likeness (QED) is 0.839. The molecule has 0 radical (unpaired) electrons. The second-order valence-electron chi connectivity index (χ2n) is 2.83. The summed E-state index contributed by atoms with van der Waals surface area (Å²) in [6.07, 6.45) is 0. The Kier molecular flexibility index (Phi) is 3.23. The van der Waals surface area contributed by atoms with Crippen LogP contribution in [0.2, 0.25) is 5.02 Å². The first-order valence-electron chi connectivity index (χ1n) is 4.08. The molecule has 0 atom stereocenters. The number of benzene rings is 1. The van der Waals surface area contributed by atoms with E-state index in [1.165, 1.54) is 11.3 Å². The van der Waals surface area contributed by atoms with Crippen molar-refractivity contribution in [1.82, 2.24) is 10.2 Å². The second kappa shape index (κ2) is 4.47. The van der Waals surface area contributed by atoms with Gasteiger partial charge in [0.25, 0.3) is 5.19 Å². The van der Waals surface area contributed by atoms with Gasteiger partial charge >= 0.3 is 0 Å². The van der Waals surface area contributed by atoms with Crippen LogP contribution in [0.4, 0.5) is 0 Å². The molecular weight excluding hydrogens is 300 g/mol. The fourth-order valence-corrected chi connectivity index (χ4v) is 2.07. The highest BCUT2D eigenvalue weighted by Crippen LogP contribution is 2.29. The zero-order chi connectivity index (χ0) is 10.8. The summed E-state index contributed by atoms with van der Waals surface area (Å²) in [6, 6.07) is 5.45. The molecule has 1 aromatic carbocycles. The van der Waals surface area contributed by atoms with E-state index in [1.807, 2.05) is 13.0 Å². The zero-order valence-corrected chi connectivity index (χ0v) is 10.9. The number of hydrogen-bond acceptors (Lipinski definition) is 4. The van der Waals surface area contributed by atoms with E-state index in [9.17, 15) is 0 Å². The highest BCUT2D eigenvalue weighted by molar-refractivity contribution is 9.11. The van der Waals surface area contributed by atoms with Crippen molar-refractivity contribution in [3.8, 4) is 10.9 Å². The van der Waals surface area contributed by atoms with Crippen LogP contribution in [-0.2, 0) is 0 Å². The first-order valence-corrected chi connectivity index (χ1v) is 6.07. The fraction of sp³-hybridized carbons (Fsp3) is 0.111. The average molecular weight is 306 g/mol. The number of ether oxygens (including phenoxy) is 1. The highest BCUT2D eigenvalue weighted by atomic mass is 79.9. The summed E-state index contributed by atoms with van der Waals surface area (Å²) in [5.41, 5.74) is 0.970. The van der Waals surface area contributed by atoms with E-state index in [1.54, 1.807) is 12.1 Å². The molecular formula is C9H6BrClN2OS. The van der Waals surface area contributed by atoms with Crippen LogP contribution < -0.4 is 4.74 Å². The van der Waals surface area contributed by atoms with Crippen molar-refractivity contribution in [1.29, 1.82) is 0 Å². The van der Waals surface area contributed by atoms with Gasteiger partial charge in [-0.3, -0.25) is 0 Å². The Labute approximate surface area is 104 Å². The van der Waals surface area contributed by atoms with E-state index < -0.39 is 0 Å². The SMILES string of the molecule is Cc1cc(Oc2nnc(Br)s2)ccc1Cl. The van der Waals surface area contributed by atoms with Gasteiger partial charge in [-0.2, -0.15) is 0 Å².